The fraction of sp³-hybridized carbons (Fsp3) is 0.500. The Morgan fingerprint density at radius 2 is 2.06 bits per heavy atom. The molecule has 0 aliphatic carbocycles. The van der Waals surface area contributed by atoms with Crippen LogP contribution in [0.25, 0.3) is 0 Å². The molecule has 0 radical (unpaired) electrons. The fourth-order valence-electron chi connectivity index (χ4n) is 2.08. The maximum atomic E-state index is 13.1. The molecule has 100 valence electrons. The highest BCUT2D eigenvalue weighted by molar-refractivity contribution is 7.99. The summed E-state index contributed by atoms with van der Waals surface area (Å²) in [5.74, 6) is 0.742. The number of hydrogen-bond donors (Lipinski definition) is 1. The average molecular weight is 279 g/mol. The summed E-state index contributed by atoms with van der Waals surface area (Å²) in [5.41, 5.74) is 5.08. The second-order valence-corrected chi connectivity index (χ2v) is 5.54. The number of benzene rings is 1. The number of rotatable bonds is 2. The first-order valence-corrected chi connectivity index (χ1v) is 6.75. The van der Waals surface area contributed by atoms with Crippen LogP contribution in [0.4, 0.5) is 17.6 Å². The van der Waals surface area contributed by atoms with Crippen molar-refractivity contribution in [2.24, 2.45) is 11.7 Å². The van der Waals surface area contributed by atoms with E-state index in [1.54, 1.807) is 11.8 Å². The van der Waals surface area contributed by atoms with E-state index in [1.807, 2.05) is 0 Å². The summed E-state index contributed by atoms with van der Waals surface area (Å²) >= 11 is 1.74. The van der Waals surface area contributed by atoms with Gasteiger partial charge in [-0.2, -0.15) is 24.9 Å². The summed E-state index contributed by atoms with van der Waals surface area (Å²) < 4.78 is 50.9. The van der Waals surface area contributed by atoms with Crippen molar-refractivity contribution in [2.45, 2.75) is 18.6 Å². The maximum absolute atomic E-state index is 13.1. The van der Waals surface area contributed by atoms with Crippen molar-refractivity contribution < 1.29 is 17.6 Å². The van der Waals surface area contributed by atoms with Gasteiger partial charge in [0.15, 0.2) is 0 Å². The Hall–Kier alpha value is -0.750. The second kappa shape index (κ2) is 5.09. The van der Waals surface area contributed by atoms with Crippen LogP contribution in [0.5, 0.6) is 0 Å². The summed E-state index contributed by atoms with van der Waals surface area (Å²) in [6.45, 7) is 0. The molecule has 6 heteroatoms. The third-order valence-electron chi connectivity index (χ3n) is 3.15. The van der Waals surface area contributed by atoms with E-state index in [9.17, 15) is 17.6 Å². The van der Waals surface area contributed by atoms with Crippen molar-refractivity contribution in [3.63, 3.8) is 0 Å². The molecule has 0 saturated carbocycles. The molecule has 1 aromatic rings. The Morgan fingerprint density at radius 3 is 2.61 bits per heavy atom. The molecule has 0 amide bonds. The SMILES string of the molecule is NC(c1ccc(F)c(C(F)(F)F)c1)C1CCSC1. The van der Waals surface area contributed by atoms with E-state index in [-0.39, 0.29) is 5.92 Å². The van der Waals surface area contributed by atoms with E-state index in [0.717, 1.165) is 30.1 Å². The van der Waals surface area contributed by atoms with Crippen LogP contribution in [0.3, 0.4) is 0 Å². The monoisotopic (exact) mass is 279 g/mol. The fourth-order valence-corrected chi connectivity index (χ4v) is 3.39. The lowest BCUT2D eigenvalue weighted by Crippen LogP contribution is -2.22. The van der Waals surface area contributed by atoms with Crippen LogP contribution in [0.1, 0.15) is 23.6 Å². The molecular formula is C12H13F4NS. The van der Waals surface area contributed by atoms with Gasteiger partial charge in [0.2, 0.25) is 0 Å². The summed E-state index contributed by atoms with van der Waals surface area (Å²) in [5, 5.41) is 0. The molecule has 1 aromatic carbocycles. The van der Waals surface area contributed by atoms with Gasteiger partial charge in [-0.3, -0.25) is 0 Å². The molecular weight excluding hydrogens is 266 g/mol. The first-order chi connectivity index (χ1) is 8.39. The minimum Gasteiger partial charge on any atom is -0.324 e. The van der Waals surface area contributed by atoms with Gasteiger partial charge < -0.3 is 5.73 Å². The van der Waals surface area contributed by atoms with E-state index < -0.39 is 23.6 Å². The Balaban J connectivity index is 2.28. The molecule has 1 nitrogen and oxygen atoms in total. The van der Waals surface area contributed by atoms with Crippen LogP contribution in [0, 0.1) is 11.7 Å². The van der Waals surface area contributed by atoms with Gasteiger partial charge >= 0.3 is 6.18 Å². The van der Waals surface area contributed by atoms with E-state index in [0.29, 0.717) is 5.56 Å². The molecule has 2 unspecified atom stereocenters. The van der Waals surface area contributed by atoms with E-state index >= 15 is 0 Å². The van der Waals surface area contributed by atoms with Crippen molar-refractivity contribution in [3.8, 4) is 0 Å². The van der Waals surface area contributed by atoms with Crippen molar-refractivity contribution in [3.05, 3.63) is 35.1 Å². The number of thioether (sulfide) groups is 1. The molecule has 2 atom stereocenters. The van der Waals surface area contributed by atoms with Crippen LogP contribution < -0.4 is 5.73 Å². The normalized spacial score (nSPS) is 22.2. The van der Waals surface area contributed by atoms with Crippen LogP contribution >= 0.6 is 11.8 Å². The van der Waals surface area contributed by atoms with Gasteiger partial charge in [-0.25, -0.2) is 4.39 Å². The number of halogens is 4. The van der Waals surface area contributed by atoms with Gasteiger partial charge in [0.05, 0.1) is 5.56 Å². The second-order valence-electron chi connectivity index (χ2n) is 4.39. The topological polar surface area (TPSA) is 26.0 Å². The standard InChI is InChI=1S/C12H13F4NS/c13-10-2-1-7(5-9(10)12(14,15)16)11(17)8-3-4-18-6-8/h1-2,5,8,11H,3-4,6,17H2. The summed E-state index contributed by atoms with van der Waals surface area (Å²) in [4.78, 5) is 0. The lowest BCUT2D eigenvalue weighted by atomic mass is 9.92. The number of nitrogens with two attached hydrogens (primary N) is 1. The highest BCUT2D eigenvalue weighted by Gasteiger charge is 2.35. The quantitative estimate of drug-likeness (QED) is 0.837. The smallest absolute Gasteiger partial charge is 0.324 e. The highest BCUT2D eigenvalue weighted by atomic mass is 32.2. The highest BCUT2D eigenvalue weighted by Crippen LogP contribution is 2.36. The van der Waals surface area contributed by atoms with Gasteiger partial charge in [0.25, 0.3) is 0 Å². The average Bonchev–Trinajstić information content (AvgIpc) is 2.80. The van der Waals surface area contributed by atoms with Crippen LogP contribution in [0.2, 0.25) is 0 Å². The Morgan fingerprint density at radius 1 is 1.33 bits per heavy atom. The summed E-state index contributed by atoms with van der Waals surface area (Å²) in [6.07, 6.45) is -3.78. The largest absolute Gasteiger partial charge is 0.419 e. The van der Waals surface area contributed by atoms with Crippen molar-refractivity contribution >= 4 is 11.8 Å². The third kappa shape index (κ3) is 2.80. The third-order valence-corrected chi connectivity index (χ3v) is 4.34. The van der Waals surface area contributed by atoms with E-state index in [4.69, 9.17) is 5.73 Å². The number of alkyl halides is 3. The minimum atomic E-state index is -4.68. The van der Waals surface area contributed by atoms with Gasteiger partial charge in [-0.1, -0.05) is 6.07 Å². The van der Waals surface area contributed by atoms with Crippen molar-refractivity contribution in [2.75, 3.05) is 11.5 Å². The van der Waals surface area contributed by atoms with Gasteiger partial charge in [-0.05, 0) is 41.5 Å². The predicted molar refractivity (Wildman–Crippen MR) is 63.8 cm³/mol. The summed E-state index contributed by atoms with van der Waals surface area (Å²) in [7, 11) is 0. The van der Waals surface area contributed by atoms with Crippen molar-refractivity contribution in [1.82, 2.24) is 0 Å². The van der Waals surface area contributed by atoms with Crippen LogP contribution in [-0.2, 0) is 6.18 Å². The zero-order valence-electron chi connectivity index (χ0n) is 9.51. The first-order valence-electron chi connectivity index (χ1n) is 5.59. The van der Waals surface area contributed by atoms with Gasteiger partial charge in [-0.15, -0.1) is 0 Å². The van der Waals surface area contributed by atoms with Crippen LogP contribution in [-0.4, -0.2) is 11.5 Å². The summed E-state index contributed by atoms with van der Waals surface area (Å²) in [6, 6.07) is 2.57. The molecule has 0 spiro atoms. The molecule has 0 aromatic heterocycles. The molecule has 1 aliphatic heterocycles. The molecule has 1 heterocycles. The lowest BCUT2D eigenvalue weighted by Gasteiger charge is -2.20. The molecule has 1 fully saturated rings. The van der Waals surface area contributed by atoms with Gasteiger partial charge in [0, 0.05) is 6.04 Å². The Bertz CT molecular complexity index is 427. The predicted octanol–water partition coefficient (Wildman–Crippen LogP) is 3.60. The van der Waals surface area contributed by atoms with Crippen molar-refractivity contribution in [1.29, 1.82) is 0 Å². The maximum Gasteiger partial charge on any atom is 0.419 e. The molecule has 1 saturated heterocycles. The van der Waals surface area contributed by atoms with E-state index in [1.165, 1.54) is 6.07 Å². The Labute approximate surface area is 107 Å². The minimum absolute atomic E-state index is 0.168. The molecule has 2 rings (SSSR count). The zero-order valence-corrected chi connectivity index (χ0v) is 10.3. The zero-order chi connectivity index (χ0) is 13.3. The molecule has 1 aliphatic rings. The molecule has 18 heavy (non-hydrogen) atoms. The van der Waals surface area contributed by atoms with E-state index in [2.05, 4.69) is 0 Å². The first kappa shape index (κ1) is 13.7. The van der Waals surface area contributed by atoms with Crippen LogP contribution in [0.15, 0.2) is 18.2 Å². The molecule has 2 N–H and O–H groups in total. The number of hydrogen-bond acceptors (Lipinski definition) is 2. The lowest BCUT2D eigenvalue weighted by molar-refractivity contribution is -0.140. The molecule has 0 bridgehead atoms. The Kier molecular flexibility index (Phi) is 3.87. The van der Waals surface area contributed by atoms with Gasteiger partial charge in [0.1, 0.15) is 5.82 Å².